The minimum absolute atomic E-state index is 0.115. The number of ether oxygens (including phenoxy) is 2. The van der Waals surface area contributed by atoms with Crippen LogP contribution in [-0.4, -0.2) is 39.3 Å². The standard InChI is InChI=1S/C21H24F3N3O4/c1-10-13(5-6-14(17(10)22)30-20(23)24)16-11(2)21(3,4)31-18(16)19(29)27-12-7-25-15(9-28)26-8-12/h5-8,11,16,18,20,28H,9H2,1-4H3,(H,27,29)/t11-,16-,18+/m0/s1. The molecule has 1 fully saturated rings. The summed E-state index contributed by atoms with van der Waals surface area (Å²) >= 11 is 0. The summed E-state index contributed by atoms with van der Waals surface area (Å²) in [5, 5.41) is 11.7. The SMILES string of the molecule is Cc1c([C@H]2[C@H](C(=O)Nc3cnc(CO)nc3)OC(C)(C)[C@H]2C)ccc(OC(F)F)c1F. The van der Waals surface area contributed by atoms with Gasteiger partial charge in [-0.3, -0.25) is 4.79 Å². The van der Waals surface area contributed by atoms with Crippen LogP contribution in [0.2, 0.25) is 0 Å². The highest BCUT2D eigenvalue weighted by molar-refractivity contribution is 5.95. The molecule has 0 saturated carbocycles. The van der Waals surface area contributed by atoms with E-state index in [0.29, 0.717) is 11.3 Å². The molecule has 1 amide bonds. The van der Waals surface area contributed by atoms with Gasteiger partial charge in [0.25, 0.3) is 5.91 Å². The summed E-state index contributed by atoms with van der Waals surface area (Å²) < 4.78 is 50.0. The van der Waals surface area contributed by atoms with Gasteiger partial charge in [-0.05, 0) is 43.9 Å². The van der Waals surface area contributed by atoms with E-state index in [4.69, 9.17) is 9.84 Å². The summed E-state index contributed by atoms with van der Waals surface area (Å²) in [6.45, 7) is 3.53. The maximum atomic E-state index is 14.7. The van der Waals surface area contributed by atoms with Crippen molar-refractivity contribution in [3.63, 3.8) is 0 Å². The Morgan fingerprint density at radius 1 is 1.32 bits per heavy atom. The van der Waals surface area contributed by atoms with Crippen molar-refractivity contribution in [1.29, 1.82) is 0 Å². The summed E-state index contributed by atoms with van der Waals surface area (Å²) in [5.41, 5.74) is 0.199. The van der Waals surface area contributed by atoms with Crippen LogP contribution in [0.15, 0.2) is 24.5 Å². The molecule has 3 rings (SSSR count). The molecule has 0 unspecified atom stereocenters. The number of alkyl halides is 2. The minimum Gasteiger partial charge on any atom is -0.432 e. The zero-order chi connectivity index (χ0) is 22.9. The number of hydrogen-bond donors (Lipinski definition) is 2. The van der Waals surface area contributed by atoms with Gasteiger partial charge in [0.2, 0.25) is 0 Å². The van der Waals surface area contributed by atoms with Crippen molar-refractivity contribution in [3.05, 3.63) is 47.3 Å². The average molecular weight is 439 g/mol. The summed E-state index contributed by atoms with van der Waals surface area (Å²) in [5.74, 6) is -2.46. The van der Waals surface area contributed by atoms with Crippen molar-refractivity contribution < 1.29 is 32.5 Å². The Bertz CT molecular complexity index is 954. The molecule has 3 atom stereocenters. The summed E-state index contributed by atoms with van der Waals surface area (Å²) in [6.07, 6.45) is 1.75. The number of carbonyl (C=O) groups is 1. The second-order valence-electron chi connectivity index (χ2n) is 7.96. The van der Waals surface area contributed by atoms with Crippen LogP contribution in [-0.2, 0) is 16.1 Å². The van der Waals surface area contributed by atoms with E-state index in [1.807, 2.05) is 20.8 Å². The lowest BCUT2D eigenvalue weighted by molar-refractivity contribution is -0.131. The zero-order valence-corrected chi connectivity index (χ0v) is 17.5. The number of nitrogens with zero attached hydrogens (tertiary/aromatic N) is 2. The molecule has 0 aliphatic carbocycles. The van der Waals surface area contributed by atoms with Crippen LogP contribution in [0.3, 0.4) is 0 Å². The molecule has 0 radical (unpaired) electrons. The monoisotopic (exact) mass is 439 g/mol. The minimum atomic E-state index is -3.15. The third-order valence-corrected chi connectivity index (χ3v) is 5.73. The van der Waals surface area contributed by atoms with Gasteiger partial charge in [-0.1, -0.05) is 13.0 Å². The van der Waals surface area contributed by atoms with Gasteiger partial charge in [-0.2, -0.15) is 8.78 Å². The maximum Gasteiger partial charge on any atom is 0.387 e. The normalized spacial score (nSPS) is 22.5. The number of hydrogen-bond acceptors (Lipinski definition) is 6. The average Bonchev–Trinajstić information content (AvgIpc) is 2.96. The van der Waals surface area contributed by atoms with Gasteiger partial charge >= 0.3 is 6.61 Å². The van der Waals surface area contributed by atoms with Gasteiger partial charge in [-0.25, -0.2) is 14.4 Å². The molecule has 10 heteroatoms. The Labute approximate surface area is 177 Å². The van der Waals surface area contributed by atoms with Crippen LogP contribution in [0.25, 0.3) is 0 Å². The smallest absolute Gasteiger partial charge is 0.387 e. The topological polar surface area (TPSA) is 93.6 Å². The van der Waals surface area contributed by atoms with Crippen molar-refractivity contribution in [2.75, 3.05) is 5.32 Å². The molecule has 31 heavy (non-hydrogen) atoms. The third kappa shape index (κ3) is 4.64. The van der Waals surface area contributed by atoms with E-state index >= 15 is 0 Å². The summed E-state index contributed by atoms with van der Waals surface area (Å²) in [6, 6.07) is 2.62. The fraction of sp³-hybridized carbons (Fsp3) is 0.476. The summed E-state index contributed by atoms with van der Waals surface area (Å²) in [7, 11) is 0. The Kier molecular flexibility index (Phi) is 6.51. The zero-order valence-electron chi connectivity index (χ0n) is 17.5. The quantitative estimate of drug-likeness (QED) is 0.715. The number of halogens is 3. The number of anilines is 1. The van der Waals surface area contributed by atoms with E-state index in [-0.39, 0.29) is 23.9 Å². The fourth-order valence-electron chi connectivity index (χ4n) is 3.79. The highest BCUT2D eigenvalue weighted by atomic mass is 19.3. The van der Waals surface area contributed by atoms with Crippen molar-refractivity contribution in [2.24, 2.45) is 5.92 Å². The van der Waals surface area contributed by atoms with E-state index in [1.54, 1.807) is 0 Å². The molecule has 168 valence electrons. The van der Waals surface area contributed by atoms with Crippen LogP contribution >= 0.6 is 0 Å². The number of benzene rings is 1. The predicted molar refractivity (Wildman–Crippen MR) is 105 cm³/mol. The van der Waals surface area contributed by atoms with Gasteiger partial charge in [0.05, 0.1) is 23.7 Å². The van der Waals surface area contributed by atoms with Gasteiger partial charge in [0, 0.05) is 5.92 Å². The van der Waals surface area contributed by atoms with Gasteiger partial charge in [0.15, 0.2) is 17.4 Å². The highest BCUT2D eigenvalue weighted by Gasteiger charge is 2.51. The first-order chi connectivity index (χ1) is 14.5. The number of aliphatic hydroxyl groups is 1. The Morgan fingerprint density at radius 2 is 1.97 bits per heavy atom. The van der Waals surface area contributed by atoms with Crippen LogP contribution < -0.4 is 10.1 Å². The lowest BCUT2D eigenvalue weighted by Crippen LogP contribution is -2.33. The molecule has 1 aromatic carbocycles. The molecule has 1 aliphatic rings. The Morgan fingerprint density at radius 3 is 2.55 bits per heavy atom. The molecule has 0 bridgehead atoms. The fourth-order valence-corrected chi connectivity index (χ4v) is 3.79. The van der Waals surface area contributed by atoms with Crippen molar-refractivity contribution in [2.45, 2.75) is 58.5 Å². The first kappa shape index (κ1) is 23.0. The van der Waals surface area contributed by atoms with E-state index in [1.165, 1.54) is 25.4 Å². The Hall–Kier alpha value is -2.72. The van der Waals surface area contributed by atoms with Crippen LogP contribution in [0.5, 0.6) is 5.75 Å². The second-order valence-corrected chi connectivity index (χ2v) is 7.96. The molecule has 2 heterocycles. The van der Waals surface area contributed by atoms with Gasteiger partial charge in [0.1, 0.15) is 12.7 Å². The number of rotatable bonds is 6. The van der Waals surface area contributed by atoms with E-state index in [0.717, 1.165) is 6.07 Å². The van der Waals surface area contributed by atoms with E-state index in [2.05, 4.69) is 20.0 Å². The number of aromatic nitrogens is 2. The van der Waals surface area contributed by atoms with Crippen molar-refractivity contribution >= 4 is 11.6 Å². The second kappa shape index (κ2) is 8.80. The molecular formula is C21H24F3N3O4. The molecule has 1 saturated heterocycles. The van der Waals surface area contributed by atoms with Crippen molar-refractivity contribution in [1.82, 2.24) is 9.97 Å². The van der Waals surface area contributed by atoms with E-state index in [9.17, 15) is 18.0 Å². The lowest BCUT2D eigenvalue weighted by atomic mass is 9.77. The molecule has 1 aromatic heterocycles. The first-order valence-electron chi connectivity index (χ1n) is 9.69. The predicted octanol–water partition coefficient (Wildman–Crippen LogP) is 3.55. The highest BCUT2D eigenvalue weighted by Crippen LogP contribution is 2.48. The third-order valence-electron chi connectivity index (χ3n) is 5.73. The number of nitrogens with one attached hydrogen (secondary N) is 1. The molecule has 2 N–H and O–H groups in total. The van der Waals surface area contributed by atoms with Crippen LogP contribution in [0.1, 0.15) is 43.6 Å². The lowest BCUT2D eigenvalue weighted by Gasteiger charge is -2.26. The van der Waals surface area contributed by atoms with Crippen LogP contribution in [0, 0.1) is 18.7 Å². The molecule has 2 aromatic rings. The Balaban J connectivity index is 1.92. The van der Waals surface area contributed by atoms with Crippen LogP contribution in [0.4, 0.5) is 18.9 Å². The maximum absolute atomic E-state index is 14.7. The molecule has 1 aliphatic heterocycles. The number of carbonyl (C=O) groups excluding carboxylic acids is 1. The number of aliphatic hydroxyl groups excluding tert-OH is 1. The van der Waals surface area contributed by atoms with Crippen molar-refractivity contribution in [3.8, 4) is 5.75 Å². The molecule has 7 nitrogen and oxygen atoms in total. The number of amides is 1. The first-order valence-corrected chi connectivity index (χ1v) is 9.69. The van der Waals surface area contributed by atoms with Gasteiger partial charge < -0.3 is 19.9 Å². The van der Waals surface area contributed by atoms with Gasteiger partial charge in [-0.15, -0.1) is 0 Å². The van der Waals surface area contributed by atoms with E-state index < -0.39 is 41.7 Å². The summed E-state index contributed by atoms with van der Waals surface area (Å²) in [4.78, 5) is 20.9. The molecule has 0 spiro atoms. The molecular weight excluding hydrogens is 415 g/mol. The largest absolute Gasteiger partial charge is 0.432 e.